The van der Waals surface area contributed by atoms with Crippen LogP contribution in [-0.2, 0) is 0 Å². The van der Waals surface area contributed by atoms with Crippen molar-refractivity contribution in [1.29, 1.82) is 0 Å². The van der Waals surface area contributed by atoms with Gasteiger partial charge in [-0.25, -0.2) is 0 Å². The molecular formula is C21H30N4O. The van der Waals surface area contributed by atoms with Crippen molar-refractivity contribution in [2.24, 2.45) is 0 Å². The van der Waals surface area contributed by atoms with Crippen LogP contribution in [0.1, 0.15) is 39.0 Å². The van der Waals surface area contributed by atoms with Crippen LogP contribution in [0.3, 0.4) is 0 Å². The lowest BCUT2D eigenvalue weighted by Crippen LogP contribution is -2.46. The molecule has 0 spiro atoms. The Hall–Kier alpha value is -2.14. The van der Waals surface area contributed by atoms with Crippen LogP contribution in [-0.4, -0.2) is 43.0 Å². The summed E-state index contributed by atoms with van der Waals surface area (Å²) in [5, 5.41) is 12.6. The summed E-state index contributed by atoms with van der Waals surface area (Å²) in [6.07, 6.45) is 6.28. The van der Waals surface area contributed by atoms with Crippen LogP contribution in [0.2, 0.25) is 0 Å². The van der Waals surface area contributed by atoms with Crippen molar-refractivity contribution in [1.82, 2.24) is 15.5 Å². The second-order valence-corrected chi connectivity index (χ2v) is 6.92. The first kappa shape index (κ1) is 18.6. The Kier molecular flexibility index (Phi) is 6.83. The normalized spacial score (nSPS) is 17.3. The summed E-state index contributed by atoms with van der Waals surface area (Å²) in [7, 11) is 1.68. The van der Waals surface area contributed by atoms with Crippen LogP contribution >= 0.6 is 0 Å². The van der Waals surface area contributed by atoms with Crippen molar-refractivity contribution >= 4 is 5.82 Å². The quantitative estimate of drug-likeness (QED) is 0.729. The molecule has 1 aliphatic heterocycles. The molecule has 1 aromatic carbocycles. The maximum atomic E-state index is 5.43. The predicted octanol–water partition coefficient (Wildman–Crippen LogP) is 3.90. The summed E-state index contributed by atoms with van der Waals surface area (Å²) in [4.78, 5) is 2.35. The highest BCUT2D eigenvalue weighted by Crippen LogP contribution is 2.28. The van der Waals surface area contributed by atoms with Gasteiger partial charge < -0.3 is 15.0 Å². The molecule has 3 rings (SSSR count). The maximum absolute atomic E-state index is 5.43. The molecular weight excluding hydrogens is 324 g/mol. The van der Waals surface area contributed by atoms with Gasteiger partial charge in [0.15, 0.2) is 5.82 Å². The zero-order valence-corrected chi connectivity index (χ0v) is 15.9. The number of nitrogens with one attached hydrogen (secondary N) is 1. The molecule has 0 aliphatic carbocycles. The number of anilines is 1. The fourth-order valence-electron chi connectivity index (χ4n) is 3.53. The minimum atomic E-state index is 0.552. The van der Waals surface area contributed by atoms with Crippen molar-refractivity contribution in [2.45, 2.75) is 45.1 Å². The Labute approximate surface area is 156 Å². The van der Waals surface area contributed by atoms with Crippen molar-refractivity contribution in [3.05, 3.63) is 36.4 Å². The number of methoxy groups -OCH3 is 1. The van der Waals surface area contributed by atoms with Gasteiger partial charge in [-0.05, 0) is 50.1 Å². The lowest BCUT2D eigenvalue weighted by Gasteiger charge is -2.33. The molecule has 1 fully saturated rings. The molecule has 140 valence electrons. The van der Waals surface area contributed by atoms with E-state index in [-0.39, 0.29) is 0 Å². The molecule has 1 N–H and O–H groups in total. The molecule has 1 saturated heterocycles. The number of nitrogens with zero attached hydrogens (tertiary/aromatic N) is 3. The molecule has 5 heteroatoms. The van der Waals surface area contributed by atoms with E-state index in [1.54, 1.807) is 7.11 Å². The van der Waals surface area contributed by atoms with Crippen LogP contribution in [0.4, 0.5) is 5.82 Å². The van der Waals surface area contributed by atoms with E-state index in [2.05, 4.69) is 33.4 Å². The Balaban J connectivity index is 1.62. The third-order valence-corrected chi connectivity index (χ3v) is 4.99. The van der Waals surface area contributed by atoms with Crippen LogP contribution in [0, 0.1) is 0 Å². The predicted molar refractivity (Wildman–Crippen MR) is 107 cm³/mol. The number of rotatable bonds is 8. The third-order valence-electron chi connectivity index (χ3n) is 4.99. The lowest BCUT2D eigenvalue weighted by molar-refractivity contribution is 0.415. The highest BCUT2D eigenvalue weighted by atomic mass is 16.5. The first-order valence-electron chi connectivity index (χ1n) is 9.77. The second-order valence-electron chi connectivity index (χ2n) is 6.92. The van der Waals surface area contributed by atoms with Crippen molar-refractivity contribution in [2.75, 3.05) is 31.6 Å². The van der Waals surface area contributed by atoms with Gasteiger partial charge >= 0.3 is 0 Å². The van der Waals surface area contributed by atoms with Crippen LogP contribution < -0.4 is 15.0 Å². The van der Waals surface area contributed by atoms with Gasteiger partial charge in [-0.2, -0.15) is 0 Å². The van der Waals surface area contributed by atoms with Gasteiger partial charge in [0.1, 0.15) is 5.75 Å². The Bertz CT molecular complexity index is 674. The highest BCUT2D eigenvalue weighted by molar-refractivity contribution is 5.67. The zero-order chi connectivity index (χ0) is 18.2. The van der Waals surface area contributed by atoms with Gasteiger partial charge in [-0.3, -0.25) is 0 Å². The van der Waals surface area contributed by atoms with E-state index >= 15 is 0 Å². The number of benzene rings is 1. The lowest BCUT2D eigenvalue weighted by atomic mass is 10.1. The Morgan fingerprint density at radius 3 is 2.81 bits per heavy atom. The van der Waals surface area contributed by atoms with Gasteiger partial charge in [-0.15, -0.1) is 10.2 Å². The monoisotopic (exact) mass is 354 g/mol. The largest absolute Gasteiger partial charge is 0.496 e. The van der Waals surface area contributed by atoms with Crippen LogP contribution in [0.5, 0.6) is 5.75 Å². The van der Waals surface area contributed by atoms with Crippen LogP contribution in [0.25, 0.3) is 11.3 Å². The molecule has 1 atom stereocenters. The van der Waals surface area contributed by atoms with E-state index in [1.807, 2.05) is 30.3 Å². The first-order chi connectivity index (χ1) is 12.8. The van der Waals surface area contributed by atoms with Crippen LogP contribution in [0.15, 0.2) is 36.4 Å². The van der Waals surface area contributed by atoms with Crippen molar-refractivity contribution < 1.29 is 4.74 Å². The van der Waals surface area contributed by atoms with Gasteiger partial charge in [0.05, 0.1) is 12.8 Å². The summed E-state index contributed by atoms with van der Waals surface area (Å²) in [6.45, 7) is 5.42. The molecule has 2 aromatic rings. The Morgan fingerprint density at radius 2 is 2.04 bits per heavy atom. The molecule has 0 radical (unpaired) electrons. The average Bonchev–Trinajstić information content (AvgIpc) is 2.71. The van der Waals surface area contributed by atoms with Gasteiger partial charge in [-0.1, -0.05) is 31.9 Å². The van der Waals surface area contributed by atoms with Gasteiger partial charge in [0, 0.05) is 24.7 Å². The molecule has 1 unspecified atom stereocenters. The standard InChI is InChI=1S/C21H30N4O/c1-3-4-7-14-22-17-9-8-15-25(16-17)21-13-12-19(23-24-21)18-10-5-6-11-20(18)26-2/h5-6,10-13,17,22H,3-4,7-9,14-16H2,1-2H3. The number of hydrogen-bond donors (Lipinski definition) is 1. The number of aromatic nitrogens is 2. The summed E-state index contributed by atoms with van der Waals surface area (Å²) >= 11 is 0. The molecule has 5 nitrogen and oxygen atoms in total. The molecule has 26 heavy (non-hydrogen) atoms. The summed E-state index contributed by atoms with van der Waals surface area (Å²) in [5.74, 6) is 1.78. The van der Waals surface area contributed by atoms with E-state index in [0.29, 0.717) is 6.04 Å². The first-order valence-corrected chi connectivity index (χ1v) is 9.77. The van der Waals surface area contributed by atoms with E-state index in [9.17, 15) is 0 Å². The highest BCUT2D eigenvalue weighted by Gasteiger charge is 2.20. The second kappa shape index (κ2) is 9.53. The fourth-order valence-corrected chi connectivity index (χ4v) is 3.53. The third kappa shape index (κ3) is 4.73. The van der Waals surface area contributed by atoms with Gasteiger partial charge in [0.25, 0.3) is 0 Å². The number of unbranched alkanes of at least 4 members (excludes halogenated alkanes) is 2. The number of ether oxygens (including phenoxy) is 1. The molecule has 1 aliphatic rings. The molecule has 0 bridgehead atoms. The SMILES string of the molecule is CCCCCNC1CCCN(c2ccc(-c3ccccc3OC)nn2)C1. The number of hydrogen-bond acceptors (Lipinski definition) is 5. The summed E-state index contributed by atoms with van der Waals surface area (Å²) < 4.78 is 5.43. The topological polar surface area (TPSA) is 50.3 Å². The molecule has 0 amide bonds. The average molecular weight is 354 g/mol. The summed E-state index contributed by atoms with van der Waals surface area (Å²) in [5.41, 5.74) is 1.82. The minimum Gasteiger partial charge on any atom is -0.496 e. The van der Waals surface area contributed by atoms with Gasteiger partial charge in [0.2, 0.25) is 0 Å². The maximum Gasteiger partial charge on any atom is 0.151 e. The van der Waals surface area contributed by atoms with Crippen molar-refractivity contribution in [3.8, 4) is 17.0 Å². The summed E-state index contributed by atoms with van der Waals surface area (Å²) in [6, 6.07) is 12.6. The van der Waals surface area contributed by atoms with Crippen molar-refractivity contribution in [3.63, 3.8) is 0 Å². The molecule has 2 heterocycles. The fraction of sp³-hybridized carbons (Fsp3) is 0.524. The Morgan fingerprint density at radius 1 is 1.15 bits per heavy atom. The van der Waals surface area contributed by atoms with E-state index in [1.165, 1.54) is 32.1 Å². The van der Waals surface area contributed by atoms with E-state index in [4.69, 9.17) is 4.74 Å². The van der Waals surface area contributed by atoms with E-state index < -0.39 is 0 Å². The zero-order valence-electron chi connectivity index (χ0n) is 15.9. The smallest absolute Gasteiger partial charge is 0.151 e. The van der Waals surface area contributed by atoms with E-state index in [0.717, 1.165) is 42.5 Å². The minimum absolute atomic E-state index is 0.552. The molecule has 0 saturated carbocycles. The number of piperidine rings is 1. The number of para-hydroxylation sites is 1. The molecule has 1 aromatic heterocycles.